The highest BCUT2D eigenvalue weighted by Gasteiger charge is 2.55. The molecule has 0 amide bonds. The van der Waals surface area contributed by atoms with E-state index in [1.165, 1.54) is 44.9 Å². The molecule has 134 valence electrons. The van der Waals surface area contributed by atoms with Gasteiger partial charge in [-0.2, -0.15) is 0 Å². The van der Waals surface area contributed by atoms with E-state index in [4.69, 9.17) is 0 Å². The van der Waals surface area contributed by atoms with E-state index in [1.807, 2.05) is 0 Å². The molecule has 0 aromatic rings. The Morgan fingerprint density at radius 1 is 0.870 bits per heavy atom. The van der Waals surface area contributed by atoms with E-state index in [9.17, 15) is 8.78 Å². The summed E-state index contributed by atoms with van der Waals surface area (Å²) >= 11 is 0. The molecule has 2 bridgehead atoms. The van der Waals surface area contributed by atoms with Crippen molar-refractivity contribution in [3.05, 3.63) is 0 Å². The SMILES string of the molecule is CCCCCC1CCC(C23CCC(CC)(CC2)CC3)CC1(F)F. The first-order valence-corrected chi connectivity index (χ1v) is 10.3. The minimum atomic E-state index is -2.40. The Balaban J connectivity index is 1.61. The average molecular weight is 327 g/mol. The van der Waals surface area contributed by atoms with Gasteiger partial charge in [-0.1, -0.05) is 39.5 Å². The average Bonchev–Trinajstić information content (AvgIpc) is 2.57. The molecule has 0 aromatic heterocycles. The Morgan fingerprint density at radius 3 is 2.04 bits per heavy atom. The van der Waals surface area contributed by atoms with Crippen molar-refractivity contribution in [3.8, 4) is 0 Å². The summed E-state index contributed by atoms with van der Waals surface area (Å²) in [6.45, 7) is 4.48. The summed E-state index contributed by atoms with van der Waals surface area (Å²) in [6.07, 6.45) is 15.0. The summed E-state index contributed by atoms with van der Waals surface area (Å²) in [5, 5.41) is 0. The Hall–Kier alpha value is -0.140. The van der Waals surface area contributed by atoms with Crippen LogP contribution in [0.2, 0.25) is 0 Å². The summed E-state index contributed by atoms with van der Waals surface area (Å²) in [5.74, 6) is -2.43. The van der Waals surface area contributed by atoms with Crippen molar-refractivity contribution >= 4 is 0 Å². The largest absolute Gasteiger partial charge is 0.251 e. The first kappa shape index (κ1) is 17.7. The summed E-state index contributed by atoms with van der Waals surface area (Å²) in [6, 6.07) is 0. The van der Waals surface area contributed by atoms with Crippen LogP contribution in [0.5, 0.6) is 0 Å². The number of alkyl halides is 2. The zero-order chi connectivity index (χ0) is 16.6. The molecule has 0 N–H and O–H groups in total. The van der Waals surface area contributed by atoms with Gasteiger partial charge in [-0.05, 0) is 74.5 Å². The van der Waals surface area contributed by atoms with Crippen LogP contribution in [0.25, 0.3) is 0 Å². The molecule has 4 aliphatic carbocycles. The summed E-state index contributed by atoms with van der Waals surface area (Å²) in [5.41, 5.74) is 0.871. The van der Waals surface area contributed by atoms with E-state index in [0.29, 0.717) is 11.3 Å². The Morgan fingerprint density at radius 2 is 1.52 bits per heavy atom. The van der Waals surface area contributed by atoms with Gasteiger partial charge < -0.3 is 0 Å². The van der Waals surface area contributed by atoms with Crippen molar-refractivity contribution < 1.29 is 8.78 Å². The fourth-order valence-electron chi connectivity index (χ4n) is 6.16. The number of unbranched alkanes of at least 4 members (excludes halogenated alkanes) is 2. The van der Waals surface area contributed by atoms with Crippen LogP contribution >= 0.6 is 0 Å². The first-order chi connectivity index (χ1) is 11.0. The van der Waals surface area contributed by atoms with Crippen LogP contribution in [-0.2, 0) is 0 Å². The van der Waals surface area contributed by atoms with Crippen molar-refractivity contribution in [1.82, 2.24) is 0 Å². The molecule has 0 saturated heterocycles. The molecule has 4 saturated carbocycles. The smallest absolute Gasteiger partial charge is 0.207 e. The summed E-state index contributed by atoms with van der Waals surface area (Å²) in [7, 11) is 0. The summed E-state index contributed by atoms with van der Waals surface area (Å²) < 4.78 is 29.5. The van der Waals surface area contributed by atoms with Crippen LogP contribution in [0.3, 0.4) is 0 Å². The van der Waals surface area contributed by atoms with Gasteiger partial charge >= 0.3 is 0 Å². The van der Waals surface area contributed by atoms with Gasteiger partial charge in [-0.25, -0.2) is 8.78 Å². The molecule has 0 aliphatic heterocycles. The van der Waals surface area contributed by atoms with Crippen LogP contribution < -0.4 is 0 Å². The molecule has 0 heterocycles. The first-order valence-electron chi connectivity index (χ1n) is 10.3. The Kier molecular flexibility index (Phi) is 5.10. The number of fused-ring (bicyclic) bond motifs is 3. The Labute approximate surface area is 141 Å². The normalized spacial score (nSPS) is 42.8. The topological polar surface area (TPSA) is 0 Å². The standard InChI is InChI=1S/C21H36F2/c1-3-5-6-7-17-8-9-18(16-21(17,22)23)20-13-10-19(4-2,11-14-20)12-15-20/h17-18H,3-16H2,1-2H3. The van der Waals surface area contributed by atoms with E-state index < -0.39 is 5.92 Å². The lowest BCUT2D eigenvalue weighted by molar-refractivity contribution is -0.147. The molecule has 4 rings (SSSR count). The molecule has 4 aliphatic rings. The highest BCUT2D eigenvalue weighted by Crippen LogP contribution is 2.64. The summed E-state index contributed by atoms with van der Waals surface area (Å²) in [4.78, 5) is 0. The van der Waals surface area contributed by atoms with Crippen LogP contribution in [0, 0.1) is 22.7 Å². The predicted molar refractivity (Wildman–Crippen MR) is 92.8 cm³/mol. The van der Waals surface area contributed by atoms with Gasteiger partial charge in [-0.15, -0.1) is 0 Å². The maximum absolute atomic E-state index is 14.8. The zero-order valence-electron chi connectivity index (χ0n) is 15.3. The van der Waals surface area contributed by atoms with Crippen molar-refractivity contribution in [2.45, 2.75) is 110 Å². The molecular weight excluding hydrogens is 290 g/mol. The number of hydrogen-bond donors (Lipinski definition) is 0. The van der Waals surface area contributed by atoms with Gasteiger partial charge in [0.15, 0.2) is 0 Å². The zero-order valence-corrected chi connectivity index (χ0v) is 15.3. The maximum Gasteiger partial charge on any atom is 0.251 e. The highest BCUT2D eigenvalue weighted by molar-refractivity contribution is 5.04. The van der Waals surface area contributed by atoms with Crippen molar-refractivity contribution in [1.29, 1.82) is 0 Å². The molecule has 4 fully saturated rings. The molecular formula is C21H36F2. The van der Waals surface area contributed by atoms with E-state index in [2.05, 4.69) is 13.8 Å². The van der Waals surface area contributed by atoms with Gasteiger partial charge in [0.2, 0.25) is 0 Å². The molecule has 2 heteroatoms. The molecule has 0 spiro atoms. The van der Waals surface area contributed by atoms with Crippen molar-refractivity contribution in [2.75, 3.05) is 0 Å². The fourth-order valence-corrected chi connectivity index (χ4v) is 6.16. The number of rotatable bonds is 6. The third-order valence-corrected chi connectivity index (χ3v) is 8.21. The second-order valence-electron chi connectivity index (χ2n) is 9.15. The molecule has 2 unspecified atom stereocenters. The minimum absolute atomic E-state index is 0.197. The van der Waals surface area contributed by atoms with Crippen LogP contribution in [-0.4, -0.2) is 5.92 Å². The lowest BCUT2D eigenvalue weighted by Crippen LogP contribution is -2.49. The molecule has 0 radical (unpaired) electrons. The van der Waals surface area contributed by atoms with Gasteiger partial charge in [-0.3, -0.25) is 0 Å². The van der Waals surface area contributed by atoms with Crippen molar-refractivity contribution in [3.63, 3.8) is 0 Å². The molecule has 0 aromatic carbocycles. The molecule has 0 nitrogen and oxygen atoms in total. The third kappa shape index (κ3) is 3.33. The van der Waals surface area contributed by atoms with Gasteiger partial charge in [0.1, 0.15) is 0 Å². The monoisotopic (exact) mass is 326 g/mol. The van der Waals surface area contributed by atoms with Crippen LogP contribution in [0.4, 0.5) is 8.78 Å². The van der Waals surface area contributed by atoms with E-state index in [-0.39, 0.29) is 17.8 Å². The number of halogens is 2. The van der Waals surface area contributed by atoms with Crippen LogP contribution in [0.15, 0.2) is 0 Å². The second-order valence-corrected chi connectivity index (χ2v) is 9.15. The second kappa shape index (κ2) is 6.64. The number of hydrogen-bond acceptors (Lipinski definition) is 0. The van der Waals surface area contributed by atoms with Gasteiger partial charge in [0, 0.05) is 12.3 Å². The lowest BCUT2D eigenvalue weighted by Gasteiger charge is -2.58. The lowest BCUT2D eigenvalue weighted by atomic mass is 9.47. The van der Waals surface area contributed by atoms with E-state index >= 15 is 0 Å². The molecule has 23 heavy (non-hydrogen) atoms. The third-order valence-electron chi connectivity index (χ3n) is 8.21. The minimum Gasteiger partial charge on any atom is -0.207 e. The van der Waals surface area contributed by atoms with Crippen molar-refractivity contribution in [2.24, 2.45) is 22.7 Å². The van der Waals surface area contributed by atoms with E-state index in [0.717, 1.165) is 38.5 Å². The van der Waals surface area contributed by atoms with Gasteiger partial charge in [0.25, 0.3) is 5.92 Å². The molecule has 2 atom stereocenters. The predicted octanol–water partition coefficient (Wildman–Crippen LogP) is 7.37. The fraction of sp³-hybridized carbons (Fsp3) is 1.00. The van der Waals surface area contributed by atoms with E-state index in [1.54, 1.807) is 0 Å². The van der Waals surface area contributed by atoms with Crippen LogP contribution in [0.1, 0.15) is 104 Å². The highest BCUT2D eigenvalue weighted by atomic mass is 19.3. The quantitative estimate of drug-likeness (QED) is 0.447. The van der Waals surface area contributed by atoms with Gasteiger partial charge in [0.05, 0.1) is 0 Å². The maximum atomic E-state index is 14.8. The Bertz CT molecular complexity index is 376.